The largest absolute Gasteiger partial charge is 0.394 e. The number of rotatable bonds is 9. The first kappa shape index (κ1) is 18.9. The molecule has 0 amide bonds. The summed E-state index contributed by atoms with van der Waals surface area (Å²) < 4.78 is 5.93. The highest BCUT2D eigenvalue weighted by atomic mass is 16.5. The SMILES string of the molecule is CCCNCC(CC)(CC)CN1CC(CO)OC(C)(C)C1. The molecular weight excluding hydrogens is 264 g/mol. The van der Waals surface area contributed by atoms with Gasteiger partial charge in [-0.15, -0.1) is 0 Å². The van der Waals surface area contributed by atoms with E-state index in [1.165, 1.54) is 19.3 Å². The number of aliphatic hydroxyl groups is 1. The minimum absolute atomic E-state index is 0.0521. The second kappa shape index (κ2) is 8.47. The lowest BCUT2D eigenvalue weighted by molar-refractivity contribution is -0.154. The van der Waals surface area contributed by atoms with Crippen LogP contribution in [-0.2, 0) is 4.74 Å². The minimum atomic E-state index is -0.171. The Labute approximate surface area is 131 Å². The molecule has 4 heteroatoms. The van der Waals surface area contributed by atoms with Gasteiger partial charge in [0.1, 0.15) is 0 Å². The summed E-state index contributed by atoms with van der Waals surface area (Å²) >= 11 is 0. The van der Waals surface area contributed by atoms with Gasteiger partial charge < -0.3 is 15.2 Å². The van der Waals surface area contributed by atoms with Crippen molar-refractivity contribution in [1.82, 2.24) is 10.2 Å². The van der Waals surface area contributed by atoms with Crippen LogP contribution >= 0.6 is 0 Å². The molecule has 1 rings (SSSR count). The zero-order valence-electron chi connectivity index (χ0n) is 14.7. The highest BCUT2D eigenvalue weighted by Crippen LogP contribution is 2.30. The summed E-state index contributed by atoms with van der Waals surface area (Å²) in [5, 5.41) is 13.1. The van der Waals surface area contributed by atoms with Gasteiger partial charge in [-0.3, -0.25) is 4.90 Å². The molecule has 21 heavy (non-hydrogen) atoms. The molecule has 1 heterocycles. The first-order valence-electron chi connectivity index (χ1n) is 8.62. The van der Waals surface area contributed by atoms with Crippen molar-refractivity contribution >= 4 is 0 Å². The monoisotopic (exact) mass is 300 g/mol. The van der Waals surface area contributed by atoms with Crippen molar-refractivity contribution in [2.24, 2.45) is 5.41 Å². The van der Waals surface area contributed by atoms with Crippen LogP contribution in [0.3, 0.4) is 0 Å². The predicted molar refractivity (Wildman–Crippen MR) is 88.7 cm³/mol. The van der Waals surface area contributed by atoms with Gasteiger partial charge in [-0.05, 0) is 45.1 Å². The van der Waals surface area contributed by atoms with Crippen molar-refractivity contribution in [2.45, 2.75) is 65.6 Å². The molecular formula is C17H36N2O2. The van der Waals surface area contributed by atoms with Crippen LogP contribution in [0, 0.1) is 5.41 Å². The van der Waals surface area contributed by atoms with E-state index in [-0.39, 0.29) is 18.3 Å². The van der Waals surface area contributed by atoms with Crippen molar-refractivity contribution in [1.29, 1.82) is 0 Å². The molecule has 0 saturated carbocycles. The number of hydrogen-bond donors (Lipinski definition) is 2. The van der Waals surface area contributed by atoms with Crippen LogP contribution in [0.2, 0.25) is 0 Å². The normalized spacial score (nSPS) is 23.4. The molecule has 1 saturated heterocycles. The maximum absolute atomic E-state index is 9.46. The average molecular weight is 300 g/mol. The number of ether oxygens (including phenoxy) is 1. The maximum atomic E-state index is 9.46. The molecule has 1 atom stereocenters. The minimum Gasteiger partial charge on any atom is -0.394 e. The van der Waals surface area contributed by atoms with Crippen molar-refractivity contribution in [3.63, 3.8) is 0 Å². The number of nitrogens with one attached hydrogen (secondary N) is 1. The maximum Gasteiger partial charge on any atom is 0.0940 e. The van der Waals surface area contributed by atoms with E-state index in [4.69, 9.17) is 4.74 Å². The number of morpholine rings is 1. The standard InChI is InChI=1S/C17H36N2O2/c1-6-9-18-12-17(7-2,8-3)14-19-10-15(11-20)21-16(4,5)13-19/h15,18,20H,6-14H2,1-5H3. The fourth-order valence-electron chi connectivity index (χ4n) is 3.42. The van der Waals surface area contributed by atoms with Crippen LogP contribution in [0.15, 0.2) is 0 Å². The zero-order chi connectivity index (χ0) is 15.9. The Hall–Kier alpha value is -0.160. The molecule has 126 valence electrons. The van der Waals surface area contributed by atoms with Gasteiger partial charge in [0.05, 0.1) is 18.3 Å². The number of aliphatic hydroxyl groups excluding tert-OH is 1. The molecule has 0 spiro atoms. The molecule has 0 aromatic rings. The summed E-state index contributed by atoms with van der Waals surface area (Å²) in [6.07, 6.45) is 3.49. The Morgan fingerprint density at radius 3 is 2.48 bits per heavy atom. The molecule has 0 aromatic heterocycles. The smallest absolute Gasteiger partial charge is 0.0940 e. The first-order valence-corrected chi connectivity index (χ1v) is 8.62. The second-order valence-corrected chi connectivity index (χ2v) is 7.24. The molecule has 0 aliphatic carbocycles. The number of nitrogens with zero attached hydrogens (tertiary/aromatic N) is 1. The Kier molecular flexibility index (Phi) is 7.62. The van der Waals surface area contributed by atoms with Gasteiger partial charge in [0, 0.05) is 26.2 Å². The Morgan fingerprint density at radius 1 is 1.29 bits per heavy atom. The van der Waals surface area contributed by atoms with Gasteiger partial charge >= 0.3 is 0 Å². The van der Waals surface area contributed by atoms with Crippen molar-refractivity contribution in [3.05, 3.63) is 0 Å². The van der Waals surface area contributed by atoms with Gasteiger partial charge in [0.15, 0.2) is 0 Å². The molecule has 4 nitrogen and oxygen atoms in total. The summed E-state index contributed by atoms with van der Waals surface area (Å²) in [6, 6.07) is 0. The summed E-state index contributed by atoms with van der Waals surface area (Å²) in [5.74, 6) is 0. The lowest BCUT2D eigenvalue weighted by atomic mass is 9.81. The highest BCUT2D eigenvalue weighted by molar-refractivity contribution is 4.89. The van der Waals surface area contributed by atoms with Gasteiger partial charge in [-0.2, -0.15) is 0 Å². The number of hydrogen-bond acceptors (Lipinski definition) is 4. The van der Waals surface area contributed by atoms with E-state index in [1.807, 2.05) is 0 Å². The van der Waals surface area contributed by atoms with Crippen LogP contribution < -0.4 is 5.32 Å². The Bertz CT molecular complexity index is 291. The van der Waals surface area contributed by atoms with Crippen molar-refractivity contribution in [2.75, 3.05) is 39.3 Å². The third-order valence-corrected chi connectivity index (χ3v) is 4.74. The molecule has 0 bridgehead atoms. The van der Waals surface area contributed by atoms with Crippen molar-refractivity contribution in [3.8, 4) is 0 Å². The second-order valence-electron chi connectivity index (χ2n) is 7.24. The molecule has 1 fully saturated rings. The summed E-state index contributed by atoms with van der Waals surface area (Å²) in [5.41, 5.74) is 0.151. The zero-order valence-corrected chi connectivity index (χ0v) is 14.7. The molecule has 0 radical (unpaired) electrons. The van der Waals surface area contributed by atoms with E-state index in [2.05, 4.69) is 44.8 Å². The van der Waals surface area contributed by atoms with E-state index < -0.39 is 0 Å². The Balaban J connectivity index is 2.68. The van der Waals surface area contributed by atoms with Crippen LogP contribution in [0.25, 0.3) is 0 Å². The van der Waals surface area contributed by atoms with Gasteiger partial charge in [-0.1, -0.05) is 20.8 Å². The third kappa shape index (κ3) is 5.85. The highest BCUT2D eigenvalue weighted by Gasteiger charge is 2.37. The fourth-order valence-corrected chi connectivity index (χ4v) is 3.42. The molecule has 1 unspecified atom stereocenters. The van der Waals surface area contributed by atoms with Crippen LogP contribution in [0.5, 0.6) is 0 Å². The van der Waals surface area contributed by atoms with Crippen LogP contribution in [0.4, 0.5) is 0 Å². The summed E-state index contributed by atoms with van der Waals surface area (Å²) in [7, 11) is 0. The van der Waals surface area contributed by atoms with Gasteiger partial charge in [0.25, 0.3) is 0 Å². The van der Waals surface area contributed by atoms with Crippen LogP contribution in [-0.4, -0.2) is 61.0 Å². The van der Waals surface area contributed by atoms with Gasteiger partial charge in [0.2, 0.25) is 0 Å². The molecule has 0 aromatic carbocycles. The molecule has 1 aliphatic rings. The van der Waals surface area contributed by atoms with E-state index >= 15 is 0 Å². The molecule has 1 aliphatic heterocycles. The van der Waals surface area contributed by atoms with E-state index in [9.17, 15) is 5.11 Å². The quantitative estimate of drug-likeness (QED) is 0.641. The average Bonchev–Trinajstić information content (AvgIpc) is 2.44. The third-order valence-electron chi connectivity index (χ3n) is 4.74. The van der Waals surface area contributed by atoms with Crippen molar-refractivity contribution < 1.29 is 9.84 Å². The summed E-state index contributed by atoms with van der Waals surface area (Å²) in [4.78, 5) is 2.49. The lowest BCUT2D eigenvalue weighted by Gasteiger charge is -2.46. The predicted octanol–water partition coefficient (Wildman–Crippen LogP) is 2.26. The topological polar surface area (TPSA) is 44.7 Å². The van der Waals surface area contributed by atoms with E-state index in [0.29, 0.717) is 5.41 Å². The van der Waals surface area contributed by atoms with E-state index in [0.717, 1.165) is 32.7 Å². The summed E-state index contributed by atoms with van der Waals surface area (Å²) in [6.45, 7) is 16.2. The molecule has 2 N–H and O–H groups in total. The lowest BCUT2D eigenvalue weighted by Crippen LogP contribution is -2.57. The van der Waals surface area contributed by atoms with Gasteiger partial charge in [-0.25, -0.2) is 0 Å². The van der Waals surface area contributed by atoms with Crippen LogP contribution in [0.1, 0.15) is 53.9 Å². The first-order chi connectivity index (χ1) is 9.90. The van der Waals surface area contributed by atoms with E-state index in [1.54, 1.807) is 0 Å². The fraction of sp³-hybridized carbons (Fsp3) is 1.00. The Morgan fingerprint density at radius 2 is 1.95 bits per heavy atom.